The number of hydrogen-bond acceptors (Lipinski definition) is 4. The standard InChI is InChI=1S/C18H23IN2O3S/c1-11(2)25-15-12(3)24-10-21(16(15)22)18(4,5)17(23)20-14-8-6-7-13(19)9-14/h6-9,11H,10H2,1-5H3,(H,20,23). The summed E-state index contributed by atoms with van der Waals surface area (Å²) in [6.45, 7) is 9.36. The Hall–Kier alpha value is -1.22. The van der Waals surface area contributed by atoms with E-state index in [4.69, 9.17) is 4.74 Å². The van der Waals surface area contributed by atoms with Crippen molar-refractivity contribution >= 4 is 51.9 Å². The highest BCUT2D eigenvalue weighted by atomic mass is 127. The van der Waals surface area contributed by atoms with Crippen molar-refractivity contribution in [2.24, 2.45) is 0 Å². The number of nitrogens with zero attached hydrogens (tertiary/aromatic N) is 1. The maximum atomic E-state index is 12.9. The van der Waals surface area contributed by atoms with Crippen LogP contribution >= 0.6 is 34.4 Å². The van der Waals surface area contributed by atoms with Crippen LogP contribution in [0.3, 0.4) is 0 Å². The van der Waals surface area contributed by atoms with Gasteiger partial charge in [-0.2, -0.15) is 0 Å². The first-order valence-corrected chi connectivity index (χ1v) is 9.98. The fourth-order valence-electron chi connectivity index (χ4n) is 2.32. The molecular weight excluding hydrogens is 451 g/mol. The average Bonchev–Trinajstić information content (AvgIpc) is 2.50. The van der Waals surface area contributed by atoms with Gasteiger partial charge in [-0.1, -0.05) is 19.9 Å². The van der Waals surface area contributed by atoms with Crippen LogP contribution in [-0.2, 0) is 14.3 Å². The number of benzene rings is 1. The van der Waals surface area contributed by atoms with Gasteiger partial charge < -0.3 is 10.1 Å². The van der Waals surface area contributed by atoms with Gasteiger partial charge in [0.05, 0.1) is 0 Å². The Morgan fingerprint density at radius 3 is 2.68 bits per heavy atom. The largest absolute Gasteiger partial charge is 0.476 e. The fraction of sp³-hybridized carbons (Fsp3) is 0.444. The summed E-state index contributed by atoms with van der Waals surface area (Å²) in [7, 11) is 0. The summed E-state index contributed by atoms with van der Waals surface area (Å²) in [5.41, 5.74) is -0.333. The lowest BCUT2D eigenvalue weighted by molar-refractivity contribution is -0.148. The Morgan fingerprint density at radius 1 is 1.40 bits per heavy atom. The normalized spacial score (nSPS) is 15.5. The molecule has 2 amide bonds. The van der Waals surface area contributed by atoms with Crippen LogP contribution in [0.1, 0.15) is 34.6 Å². The molecule has 1 aliphatic rings. The number of rotatable bonds is 5. The molecular formula is C18H23IN2O3S. The molecule has 1 aromatic rings. The topological polar surface area (TPSA) is 58.6 Å². The van der Waals surface area contributed by atoms with Gasteiger partial charge in [0.2, 0.25) is 5.91 Å². The fourth-order valence-corrected chi connectivity index (χ4v) is 3.77. The van der Waals surface area contributed by atoms with E-state index < -0.39 is 5.54 Å². The lowest BCUT2D eigenvalue weighted by atomic mass is 10.0. The molecule has 136 valence electrons. The third-order valence-electron chi connectivity index (χ3n) is 3.84. The number of nitrogens with one attached hydrogen (secondary N) is 1. The lowest BCUT2D eigenvalue weighted by Crippen LogP contribution is -2.57. The van der Waals surface area contributed by atoms with Gasteiger partial charge in [0.1, 0.15) is 16.2 Å². The Labute approximate surface area is 166 Å². The molecule has 1 aromatic carbocycles. The molecule has 25 heavy (non-hydrogen) atoms. The molecule has 0 fully saturated rings. The number of amides is 2. The first-order chi connectivity index (χ1) is 11.6. The zero-order valence-corrected chi connectivity index (χ0v) is 18.0. The average molecular weight is 474 g/mol. The number of thioether (sulfide) groups is 1. The summed E-state index contributed by atoms with van der Waals surface area (Å²) in [5, 5.41) is 3.14. The van der Waals surface area contributed by atoms with E-state index in [2.05, 4.69) is 27.9 Å². The molecule has 0 radical (unpaired) electrons. The third kappa shape index (κ3) is 4.69. The van der Waals surface area contributed by atoms with E-state index in [0.717, 1.165) is 3.57 Å². The number of carbonyl (C=O) groups is 2. The van der Waals surface area contributed by atoms with E-state index in [9.17, 15) is 9.59 Å². The molecule has 0 unspecified atom stereocenters. The maximum absolute atomic E-state index is 12.9. The van der Waals surface area contributed by atoms with Crippen molar-refractivity contribution in [1.82, 2.24) is 4.90 Å². The summed E-state index contributed by atoms with van der Waals surface area (Å²) < 4.78 is 6.69. The van der Waals surface area contributed by atoms with Gasteiger partial charge in [0.25, 0.3) is 5.91 Å². The van der Waals surface area contributed by atoms with Crippen molar-refractivity contribution in [2.45, 2.75) is 45.4 Å². The van der Waals surface area contributed by atoms with Crippen LogP contribution in [-0.4, -0.2) is 34.2 Å². The summed E-state index contributed by atoms with van der Waals surface area (Å²) in [5.74, 6) is 0.207. The molecule has 1 N–H and O–H groups in total. The number of hydrogen-bond donors (Lipinski definition) is 1. The zero-order valence-electron chi connectivity index (χ0n) is 15.1. The van der Waals surface area contributed by atoms with Gasteiger partial charge in [0.15, 0.2) is 6.73 Å². The highest BCUT2D eigenvalue weighted by Crippen LogP contribution is 2.33. The molecule has 7 heteroatoms. The number of ether oxygens (including phenoxy) is 1. The Morgan fingerprint density at radius 2 is 2.08 bits per heavy atom. The molecule has 0 bridgehead atoms. The van der Waals surface area contributed by atoms with Crippen LogP contribution in [0.4, 0.5) is 5.69 Å². The Kier molecular flexibility index (Phi) is 6.42. The SMILES string of the molecule is CC1=C(SC(C)C)C(=O)N(C(C)(C)C(=O)Nc2cccc(I)c2)CO1. The Balaban J connectivity index is 2.20. The highest BCUT2D eigenvalue weighted by Gasteiger charge is 2.42. The highest BCUT2D eigenvalue weighted by molar-refractivity contribution is 14.1. The molecule has 0 spiro atoms. The first kappa shape index (κ1) is 20.1. The van der Waals surface area contributed by atoms with E-state index in [1.807, 2.05) is 38.1 Å². The minimum atomic E-state index is -1.04. The maximum Gasteiger partial charge on any atom is 0.267 e. The molecule has 5 nitrogen and oxygen atoms in total. The Bertz CT molecular complexity index is 716. The van der Waals surface area contributed by atoms with Crippen molar-refractivity contribution in [3.63, 3.8) is 0 Å². The zero-order chi connectivity index (χ0) is 18.8. The first-order valence-electron chi connectivity index (χ1n) is 8.02. The minimum absolute atomic E-state index is 0.0690. The summed E-state index contributed by atoms with van der Waals surface area (Å²) >= 11 is 3.65. The molecule has 1 heterocycles. The van der Waals surface area contributed by atoms with E-state index >= 15 is 0 Å². The number of carbonyl (C=O) groups excluding carboxylic acids is 2. The second-order valence-corrected chi connectivity index (χ2v) is 9.41. The van der Waals surface area contributed by atoms with Gasteiger partial charge in [-0.15, -0.1) is 11.8 Å². The molecule has 1 aliphatic heterocycles. The van der Waals surface area contributed by atoms with E-state index in [1.54, 1.807) is 20.8 Å². The quantitative estimate of drug-likeness (QED) is 0.651. The minimum Gasteiger partial charge on any atom is -0.476 e. The van der Waals surface area contributed by atoms with Crippen molar-refractivity contribution in [2.75, 3.05) is 12.0 Å². The van der Waals surface area contributed by atoms with Crippen molar-refractivity contribution in [3.05, 3.63) is 38.5 Å². The van der Waals surface area contributed by atoms with Crippen LogP contribution in [0, 0.1) is 3.57 Å². The van der Waals surface area contributed by atoms with Crippen molar-refractivity contribution in [1.29, 1.82) is 0 Å². The van der Waals surface area contributed by atoms with Crippen LogP contribution in [0.25, 0.3) is 0 Å². The van der Waals surface area contributed by atoms with E-state index in [0.29, 0.717) is 16.4 Å². The van der Waals surface area contributed by atoms with Gasteiger partial charge in [0, 0.05) is 14.5 Å². The van der Waals surface area contributed by atoms with E-state index in [-0.39, 0.29) is 23.8 Å². The van der Waals surface area contributed by atoms with Crippen LogP contribution in [0.5, 0.6) is 0 Å². The second-order valence-electron chi connectivity index (χ2n) is 6.58. The molecule has 0 saturated heterocycles. The van der Waals surface area contributed by atoms with Gasteiger partial charge in [-0.3, -0.25) is 14.5 Å². The molecule has 0 atom stereocenters. The molecule has 0 saturated carbocycles. The van der Waals surface area contributed by atoms with Crippen LogP contribution in [0.15, 0.2) is 34.9 Å². The molecule has 0 aliphatic carbocycles. The van der Waals surface area contributed by atoms with Crippen molar-refractivity contribution in [3.8, 4) is 0 Å². The predicted octanol–water partition coefficient (Wildman–Crippen LogP) is 4.20. The number of halogens is 1. The third-order valence-corrected chi connectivity index (χ3v) is 5.68. The van der Waals surface area contributed by atoms with Crippen LogP contribution in [0.2, 0.25) is 0 Å². The summed E-state index contributed by atoms with van der Waals surface area (Å²) in [6, 6.07) is 7.54. The van der Waals surface area contributed by atoms with Gasteiger partial charge in [-0.25, -0.2) is 0 Å². The molecule has 2 rings (SSSR count). The van der Waals surface area contributed by atoms with Gasteiger partial charge >= 0.3 is 0 Å². The predicted molar refractivity (Wildman–Crippen MR) is 110 cm³/mol. The number of anilines is 1. The van der Waals surface area contributed by atoms with Crippen molar-refractivity contribution < 1.29 is 14.3 Å². The van der Waals surface area contributed by atoms with E-state index in [1.165, 1.54) is 16.7 Å². The van der Waals surface area contributed by atoms with Crippen LogP contribution < -0.4 is 5.32 Å². The lowest BCUT2D eigenvalue weighted by Gasteiger charge is -2.40. The molecule has 0 aromatic heterocycles. The second kappa shape index (κ2) is 7.99. The summed E-state index contributed by atoms with van der Waals surface area (Å²) in [6.07, 6.45) is 0. The smallest absolute Gasteiger partial charge is 0.267 e. The van der Waals surface area contributed by atoms with Gasteiger partial charge in [-0.05, 0) is 61.6 Å². The summed E-state index contributed by atoms with van der Waals surface area (Å²) in [4.78, 5) is 27.8. The monoisotopic (exact) mass is 474 g/mol. The number of allylic oxidation sites excluding steroid dienone is 1.